The zero-order valence-electron chi connectivity index (χ0n) is 18.8. The molecule has 1 saturated heterocycles. The maximum absolute atomic E-state index is 14.8. The van der Waals surface area contributed by atoms with Crippen LogP contribution in [0.5, 0.6) is 0 Å². The fourth-order valence-corrected chi connectivity index (χ4v) is 4.81. The molecule has 1 aliphatic heterocycles. The Morgan fingerprint density at radius 1 is 1.15 bits per heavy atom. The lowest BCUT2D eigenvalue weighted by Crippen LogP contribution is -2.43. The third-order valence-electron chi connectivity index (χ3n) is 6.80. The van der Waals surface area contributed by atoms with Gasteiger partial charge in [-0.2, -0.15) is 13.2 Å². The van der Waals surface area contributed by atoms with Crippen molar-refractivity contribution in [3.05, 3.63) is 34.8 Å². The van der Waals surface area contributed by atoms with Crippen molar-refractivity contribution in [1.29, 1.82) is 0 Å². The maximum Gasteiger partial charge on any atom is 0.435 e. The molecule has 0 spiro atoms. The molecule has 0 unspecified atom stereocenters. The maximum atomic E-state index is 14.8. The normalized spacial score (nSPS) is 21.0. The van der Waals surface area contributed by atoms with Crippen LogP contribution in [0, 0.1) is 12.8 Å². The predicted octanol–water partition coefficient (Wildman–Crippen LogP) is 5.28. The lowest BCUT2D eigenvalue weighted by Gasteiger charge is -2.29. The molecule has 1 saturated carbocycles. The van der Waals surface area contributed by atoms with Crippen molar-refractivity contribution in [1.82, 2.24) is 14.7 Å². The summed E-state index contributed by atoms with van der Waals surface area (Å²) in [7, 11) is 0. The van der Waals surface area contributed by atoms with Gasteiger partial charge in [0.05, 0.1) is 12.2 Å². The zero-order chi connectivity index (χ0) is 24.7. The van der Waals surface area contributed by atoms with Gasteiger partial charge in [-0.25, -0.2) is 18.2 Å². The summed E-state index contributed by atoms with van der Waals surface area (Å²) in [5.74, 6) is -3.70. The first kappa shape index (κ1) is 24.8. The quantitative estimate of drug-likeness (QED) is 0.580. The predicted molar refractivity (Wildman–Crippen MR) is 112 cm³/mol. The van der Waals surface area contributed by atoms with E-state index in [1.54, 1.807) is 6.92 Å². The average Bonchev–Trinajstić information content (AvgIpc) is 3.13. The largest absolute Gasteiger partial charge is 0.435 e. The van der Waals surface area contributed by atoms with Crippen LogP contribution in [-0.2, 0) is 17.3 Å². The Bertz CT molecular complexity index is 1050. The molecule has 1 amide bonds. The number of pyridine rings is 1. The highest BCUT2D eigenvalue weighted by Gasteiger charge is 2.41. The van der Waals surface area contributed by atoms with E-state index < -0.39 is 29.4 Å². The minimum absolute atomic E-state index is 0.0368. The summed E-state index contributed by atoms with van der Waals surface area (Å²) in [4.78, 5) is 16.4. The summed E-state index contributed by atoms with van der Waals surface area (Å²) in [5.41, 5.74) is -2.39. The number of imidazole rings is 1. The van der Waals surface area contributed by atoms with Crippen molar-refractivity contribution in [3.8, 4) is 0 Å². The fourth-order valence-electron chi connectivity index (χ4n) is 4.81. The minimum atomic E-state index is -4.74. The van der Waals surface area contributed by atoms with Crippen molar-refractivity contribution in [2.45, 2.75) is 69.6 Å². The molecule has 2 aliphatic rings. The van der Waals surface area contributed by atoms with E-state index in [9.17, 15) is 31.1 Å². The highest BCUT2D eigenvalue weighted by Crippen LogP contribution is 2.40. The molecule has 34 heavy (non-hydrogen) atoms. The van der Waals surface area contributed by atoms with Crippen LogP contribution in [0.2, 0.25) is 0 Å². The van der Waals surface area contributed by atoms with Crippen LogP contribution in [0.1, 0.15) is 66.0 Å². The summed E-state index contributed by atoms with van der Waals surface area (Å²) in [5, 5.41) is 2.53. The Labute approximate surface area is 192 Å². The summed E-state index contributed by atoms with van der Waals surface area (Å²) in [6.45, 7) is 1.85. The number of aryl methyl sites for hydroxylation is 1. The summed E-state index contributed by atoms with van der Waals surface area (Å²) < 4.78 is 89.6. The van der Waals surface area contributed by atoms with Gasteiger partial charge in [0, 0.05) is 50.2 Å². The number of aromatic nitrogens is 2. The van der Waals surface area contributed by atoms with Crippen LogP contribution in [0.4, 0.5) is 26.3 Å². The third-order valence-corrected chi connectivity index (χ3v) is 6.80. The van der Waals surface area contributed by atoms with E-state index in [-0.39, 0.29) is 87.5 Å². The number of carbonyl (C=O) groups is 1. The number of rotatable bonds is 5. The van der Waals surface area contributed by atoms with Crippen LogP contribution in [0.3, 0.4) is 0 Å². The molecule has 1 aliphatic carbocycles. The van der Waals surface area contributed by atoms with Crippen LogP contribution >= 0.6 is 0 Å². The van der Waals surface area contributed by atoms with Gasteiger partial charge in [-0.3, -0.25) is 4.79 Å². The standard InChI is InChI=1S/C23H27F6N3O2/c1-14-10-16(20(33)30-13-21(24)6-8-34-9-7-21)12-18-31-19(23(27,28)29)17(32(14)18)11-15-2-4-22(25,26)5-3-15/h10,12,15H,2-9,11,13H2,1H3,(H,30,33). The van der Waals surface area contributed by atoms with Gasteiger partial charge < -0.3 is 14.5 Å². The van der Waals surface area contributed by atoms with E-state index in [0.29, 0.717) is 5.69 Å². The molecular formula is C23H27F6N3O2. The minimum Gasteiger partial charge on any atom is -0.381 e. The van der Waals surface area contributed by atoms with E-state index >= 15 is 0 Å². The van der Waals surface area contributed by atoms with Crippen molar-refractivity contribution >= 4 is 11.6 Å². The molecule has 1 N–H and O–H groups in total. The van der Waals surface area contributed by atoms with E-state index in [4.69, 9.17) is 4.74 Å². The molecule has 5 nitrogen and oxygen atoms in total. The van der Waals surface area contributed by atoms with Gasteiger partial charge in [-0.15, -0.1) is 0 Å². The monoisotopic (exact) mass is 491 g/mol. The Kier molecular flexibility index (Phi) is 6.61. The lowest BCUT2D eigenvalue weighted by atomic mass is 9.83. The zero-order valence-corrected chi connectivity index (χ0v) is 18.8. The van der Waals surface area contributed by atoms with Gasteiger partial charge in [0.25, 0.3) is 5.91 Å². The summed E-state index contributed by atoms with van der Waals surface area (Å²) in [6.07, 6.45) is -4.90. The van der Waals surface area contributed by atoms with Gasteiger partial charge in [-0.1, -0.05) is 0 Å². The molecule has 4 rings (SSSR count). The second-order valence-corrected chi connectivity index (χ2v) is 9.43. The van der Waals surface area contributed by atoms with Gasteiger partial charge in [-0.05, 0) is 44.2 Å². The SMILES string of the molecule is Cc1cc(C(=O)NCC2(F)CCOCC2)cc2nc(C(F)(F)F)c(CC3CCC(F)(F)CC3)n12. The van der Waals surface area contributed by atoms with E-state index in [1.165, 1.54) is 16.5 Å². The molecular weight excluding hydrogens is 464 g/mol. The Morgan fingerprint density at radius 2 is 1.79 bits per heavy atom. The van der Waals surface area contributed by atoms with E-state index in [0.717, 1.165) is 0 Å². The van der Waals surface area contributed by atoms with Crippen molar-refractivity contribution in [3.63, 3.8) is 0 Å². The molecule has 11 heteroatoms. The fraction of sp³-hybridized carbons (Fsp3) is 0.652. The second kappa shape index (κ2) is 9.05. The topological polar surface area (TPSA) is 55.6 Å². The van der Waals surface area contributed by atoms with Crippen LogP contribution < -0.4 is 5.32 Å². The molecule has 3 heterocycles. The van der Waals surface area contributed by atoms with Crippen LogP contribution in [0.25, 0.3) is 5.65 Å². The number of nitrogens with zero attached hydrogens (tertiary/aromatic N) is 2. The highest BCUT2D eigenvalue weighted by molar-refractivity contribution is 5.95. The van der Waals surface area contributed by atoms with Crippen LogP contribution in [-0.4, -0.2) is 46.6 Å². The smallest absolute Gasteiger partial charge is 0.381 e. The number of fused-ring (bicyclic) bond motifs is 1. The Hall–Kier alpha value is -2.30. The van der Waals surface area contributed by atoms with Crippen molar-refractivity contribution < 1.29 is 35.9 Å². The lowest BCUT2D eigenvalue weighted by molar-refractivity contribution is -0.141. The number of carbonyl (C=O) groups excluding carboxylic acids is 1. The number of halogens is 6. The number of ether oxygens (including phenoxy) is 1. The number of nitrogens with one attached hydrogen (secondary N) is 1. The Balaban J connectivity index is 1.60. The second-order valence-electron chi connectivity index (χ2n) is 9.43. The molecule has 0 atom stereocenters. The van der Waals surface area contributed by atoms with Crippen molar-refractivity contribution in [2.24, 2.45) is 5.92 Å². The number of hydrogen-bond acceptors (Lipinski definition) is 3. The first-order valence-electron chi connectivity index (χ1n) is 11.4. The molecule has 2 aromatic heterocycles. The average molecular weight is 491 g/mol. The third kappa shape index (κ3) is 5.34. The first-order valence-corrected chi connectivity index (χ1v) is 11.4. The Morgan fingerprint density at radius 3 is 2.41 bits per heavy atom. The number of amides is 1. The van der Waals surface area contributed by atoms with Gasteiger partial charge in [0.1, 0.15) is 11.3 Å². The van der Waals surface area contributed by atoms with E-state index in [2.05, 4.69) is 10.3 Å². The molecule has 0 aromatic carbocycles. The first-order chi connectivity index (χ1) is 15.9. The van der Waals surface area contributed by atoms with E-state index in [1.807, 2.05) is 0 Å². The van der Waals surface area contributed by atoms with Gasteiger partial charge in [0.15, 0.2) is 5.69 Å². The molecule has 2 aromatic rings. The summed E-state index contributed by atoms with van der Waals surface area (Å²) in [6, 6.07) is 2.67. The highest BCUT2D eigenvalue weighted by atomic mass is 19.4. The molecule has 188 valence electrons. The molecule has 0 bridgehead atoms. The van der Waals surface area contributed by atoms with Gasteiger partial charge >= 0.3 is 6.18 Å². The van der Waals surface area contributed by atoms with Gasteiger partial charge in [0.2, 0.25) is 5.92 Å². The molecule has 2 fully saturated rings. The number of hydrogen-bond donors (Lipinski definition) is 1. The molecule has 0 radical (unpaired) electrons. The van der Waals surface area contributed by atoms with Crippen LogP contribution in [0.15, 0.2) is 12.1 Å². The summed E-state index contributed by atoms with van der Waals surface area (Å²) >= 11 is 0. The van der Waals surface area contributed by atoms with Crippen molar-refractivity contribution in [2.75, 3.05) is 19.8 Å². The number of alkyl halides is 6.